The van der Waals surface area contributed by atoms with Crippen LogP contribution < -0.4 is 9.47 Å². The highest BCUT2D eigenvalue weighted by Crippen LogP contribution is 2.26. The molecule has 204 valence electrons. The Kier molecular flexibility index (Phi) is 15.1. The lowest BCUT2D eigenvalue weighted by molar-refractivity contribution is -0.138. The molecule has 0 saturated carbocycles. The molecule has 7 nitrogen and oxygen atoms in total. The zero-order chi connectivity index (χ0) is 27.4. The van der Waals surface area contributed by atoms with Crippen molar-refractivity contribution in [2.75, 3.05) is 19.8 Å². The minimum absolute atomic E-state index is 0.0441. The van der Waals surface area contributed by atoms with E-state index < -0.39 is 0 Å². The molecule has 8 heteroatoms. The summed E-state index contributed by atoms with van der Waals surface area (Å²) in [7, 11) is 0. The first-order valence-electron chi connectivity index (χ1n) is 12.8. The van der Waals surface area contributed by atoms with Crippen LogP contribution in [0.3, 0.4) is 0 Å². The monoisotopic (exact) mass is 540 g/mol. The summed E-state index contributed by atoms with van der Waals surface area (Å²) in [5.41, 5.74) is 0.605. The van der Waals surface area contributed by atoms with E-state index in [0.717, 1.165) is 79.4 Å². The molecular formula is C30H36O7S. The number of carbonyl (C=O) groups excluding carboxylic acids is 3. The molecule has 2 aromatic carbocycles. The number of hydrogen-bond acceptors (Lipinski definition) is 8. The van der Waals surface area contributed by atoms with Crippen LogP contribution in [0.5, 0.6) is 11.5 Å². The van der Waals surface area contributed by atoms with Crippen molar-refractivity contribution in [3.05, 3.63) is 79.6 Å². The number of hydrogen-bond donors (Lipinski definition) is 0. The van der Waals surface area contributed by atoms with Gasteiger partial charge in [-0.25, -0.2) is 4.79 Å². The standard InChI is InChI=1S/C30H36O7S/c1-3-28(31)37-23-10-6-5-9-21-35-25-15-13-24(14-16-25)30(33)38-27-19-17-26(18-20-27)36-22-11-7-8-12-29(32)34-4-2/h3-4,13-20H,1-2,5-12,21-23H2. The molecule has 2 rings (SSSR count). The smallest absolute Gasteiger partial charge is 0.330 e. The third-order valence-corrected chi connectivity index (χ3v) is 6.28. The van der Waals surface area contributed by atoms with Crippen LogP contribution in [0.2, 0.25) is 0 Å². The van der Waals surface area contributed by atoms with Crippen molar-refractivity contribution in [1.29, 1.82) is 0 Å². The topological polar surface area (TPSA) is 88.1 Å². The van der Waals surface area contributed by atoms with E-state index in [9.17, 15) is 14.4 Å². The van der Waals surface area contributed by atoms with Gasteiger partial charge in [0.05, 0.1) is 26.1 Å². The molecule has 0 unspecified atom stereocenters. The van der Waals surface area contributed by atoms with Gasteiger partial charge in [-0.2, -0.15) is 0 Å². The highest BCUT2D eigenvalue weighted by Gasteiger charge is 2.09. The molecule has 0 N–H and O–H groups in total. The Hall–Kier alpha value is -3.52. The van der Waals surface area contributed by atoms with Crippen molar-refractivity contribution < 1.29 is 33.3 Å². The van der Waals surface area contributed by atoms with Crippen molar-refractivity contribution in [3.63, 3.8) is 0 Å². The lowest BCUT2D eigenvalue weighted by atomic mass is 10.2. The van der Waals surface area contributed by atoms with E-state index in [0.29, 0.717) is 31.8 Å². The largest absolute Gasteiger partial charge is 0.494 e. The number of esters is 2. The number of rotatable bonds is 19. The molecule has 0 amide bonds. The average Bonchev–Trinajstić information content (AvgIpc) is 2.93. The van der Waals surface area contributed by atoms with E-state index in [1.807, 2.05) is 36.4 Å². The Labute approximate surface area is 229 Å². The third-order valence-electron chi connectivity index (χ3n) is 5.35. The number of ether oxygens (including phenoxy) is 4. The van der Waals surface area contributed by atoms with Gasteiger partial charge in [-0.3, -0.25) is 9.59 Å². The van der Waals surface area contributed by atoms with Gasteiger partial charge in [0.2, 0.25) is 5.12 Å². The van der Waals surface area contributed by atoms with Crippen molar-refractivity contribution >= 4 is 28.8 Å². The van der Waals surface area contributed by atoms with E-state index >= 15 is 0 Å². The second kappa shape index (κ2) is 18.7. The van der Waals surface area contributed by atoms with Gasteiger partial charge in [-0.1, -0.05) is 13.2 Å². The Morgan fingerprint density at radius 2 is 1.26 bits per heavy atom. The number of unbranched alkanes of at least 4 members (excludes halogenated alkanes) is 5. The van der Waals surface area contributed by atoms with Gasteiger partial charge in [0, 0.05) is 23.0 Å². The summed E-state index contributed by atoms with van der Waals surface area (Å²) in [6.45, 7) is 8.28. The van der Waals surface area contributed by atoms with Gasteiger partial charge in [0.25, 0.3) is 0 Å². The molecule has 0 aromatic heterocycles. The van der Waals surface area contributed by atoms with Gasteiger partial charge >= 0.3 is 11.9 Å². The first kappa shape index (κ1) is 30.7. The highest BCUT2D eigenvalue weighted by atomic mass is 32.2. The molecule has 0 aliphatic rings. The van der Waals surface area contributed by atoms with Crippen LogP contribution in [0.4, 0.5) is 0 Å². The average molecular weight is 541 g/mol. The van der Waals surface area contributed by atoms with Gasteiger partial charge in [0.15, 0.2) is 0 Å². The predicted octanol–water partition coefficient (Wildman–Crippen LogP) is 6.91. The molecule has 0 saturated heterocycles. The molecule has 38 heavy (non-hydrogen) atoms. The molecule has 0 heterocycles. The second-order valence-corrected chi connectivity index (χ2v) is 9.38. The summed E-state index contributed by atoms with van der Waals surface area (Å²) in [4.78, 5) is 35.7. The molecule has 2 aromatic rings. The highest BCUT2D eigenvalue weighted by molar-refractivity contribution is 8.14. The summed E-state index contributed by atoms with van der Waals surface area (Å²) in [6.07, 6.45) is 8.81. The van der Waals surface area contributed by atoms with Crippen LogP contribution in [0.1, 0.15) is 61.7 Å². The number of benzene rings is 2. The van der Waals surface area contributed by atoms with Crippen LogP contribution in [0, 0.1) is 0 Å². The van der Waals surface area contributed by atoms with E-state index in [2.05, 4.69) is 17.9 Å². The Bertz CT molecular complexity index is 1020. The van der Waals surface area contributed by atoms with E-state index in [4.69, 9.17) is 14.2 Å². The van der Waals surface area contributed by atoms with Crippen LogP contribution in [0.15, 0.2) is 78.9 Å². The second-order valence-electron chi connectivity index (χ2n) is 8.34. The summed E-state index contributed by atoms with van der Waals surface area (Å²) in [5, 5.41) is -0.0441. The van der Waals surface area contributed by atoms with E-state index in [-0.39, 0.29) is 17.1 Å². The first-order chi connectivity index (χ1) is 18.5. The molecular weight excluding hydrogens is 504 g/mol. The summed E-state index contributed by atoms with van der Waals surface area (Å²) in [5.74, 6) is 0.816. The maximum atomic E-state index is 12.6. The first-order valence-corrected chi connectivity index (χ1v) is 13.6. The molecule has 0 aliphatic carbocycles. The molecule has 0 atom stereocenters. The van der Waals surface area contributed by atoms with Gasteiger partial charge in [-0.15, -0.1) is 0 Å². The maximum Gasteiger partial charge on any atom is 0.330 e. The van der Waals surface area contributed by atoms with Crippen LogP contribution in [-0.2, 0) is 19.1 Å². The van der Waals surface area contributed by atoms with Gasteiger partial charge in [0.1, 0.15) is 11.5 Å². The fourth-order valence-corrected chi connectivity index (χ4v) is 4.07. The SMILES string of the molecule is C=COC(=O)CCCCCOc1ccc(SC(=O)c2ccc(OCCCCCCOC(=O)C=C)cc2)cc1. The molecule has 0 spiro atoms. The molecule has 0 radical (unpaired) electrons. The Morgan fingerprint density at radius 3 is 1.84 bits per heavy atom. The molecule has 0 bridgehead atoms. The lowest BCUT2D eigenvalue weighted by Crippen LogP contribution is -2.02. The fraction of sp³-hybridized carbons (Fsp3) is 0.367. The zero-order valence-corrected chi connectivity index (χ0v) is 22.5. The minimum atomic E-state index is -0.387. The lowest BCUT2D eigenvalue weighted by Gasteiger charge is -2.08. The Balaban J connectivity index is 1.61. The summed E-state index contributed by atoms with van der Waals surface area (Å²) < 4.78 is 21.1. The summed E-state index contributed by atoms with van der Waals surface area (Å²) >= 11 is 1.16. The maximum absolute atomic E-state index is 12.6. The third kappa shape index (κ3) is 13.1. The van der Waals surface area contributed by atoms with E-state index in [1.54, 1.807) is 12.1 Å². The van der Waals surface area contributed by atoms with Crippen LogP contribution in [-0.4, -0.2) is 36.9 Å². The minimum Gasteiger partial charge on any atom is -0.494 e. The van der Waals surface area contributed by atoms with Crippen molar-refractivity contribution in [2.24, 2.45) is 0 Å². The van der Waals surface area contributed by atoms with Crippen LogP contribution in [0.25, 0.3) is 0 Å². The normalized spacial score (nSPS) is 10.3. The van der Waals surface area contributed by atoms with Gasteiger partial charge in [-0.05, 0) is 105 Å². The summed E-state index contributed by atoms with van der Waals surface area (Å²) in [6, 6.07) is 14.6. The van der Waals surface area contributed by atoms with Crippen molar-refractivity contribution in [3.8, 4) is 11.5 Å². The van der Waals surface area contributed by atoms with Crippen molar-refractivity contribution in [2.45, 2.75) is 56.3 Å². The predicted molar refractivity (Wildman–Crippen MR) is 148 cm³/mol. The molecule has 0 fully saturated rings. The molecule has 0 aliphatic heterocycles. The van der Waals surface area contributed by atoms with Crippen LogP contribution >= 0.6 is 11.8 Å². The quantitative estimate of drug-likeness (QED) is 0.0624. The zero-order valence-electron chi connectivity index (χ0n) is 21.7. The van der Waals surface area contributed by atoms with Crippen molar-refractivity contribution in [1.82, 2.24) is 0 Å². The fourth-order valence-electron chi connectivity index (χ4n) is 3.33. The number of thioether (sulfide) groups is 1. The van der Waals surface area contributed by atoms with E-state index in [1.165, 1.54) is 6.08 Å². The Morgan fingerprint density at radius 1 is 0.711 bits per heavy atom. The van der Waals surface area contributed by atoms with Gasteiger partial charge < -0.3 is 18.9 Å². The number of carbonyl (C=O) groups is 3.